The molecule has 0 spiro atoms. The van der Waals surface area contributed by atoms with E-state index in [-0.39, 0.29) is 0 Å². The van der Waals surface area contributed by atoms with Gasteiger partial charge in [0.15, 0.2) is 5.82 Å². The Labute approximate surface area is 169 Å². The van der Waals surface area contributed by atoms with Gasteiger partial charge in [0.05, 0.1) is 5.39 Å². The Morgan fingerprint density at radius 3 is 2.82 bits per heavy atom. The second kappa shape index (κ2) is 7.50. The van der Waals surface area contributed by atoms with Crippen LogP contribution in [0.15, 0.2) is 24.5 Å². The van der Waals surface area contributed by atoms with Gasteiger partial charge in [-0.1, -0.05) is 0 Å². The summed E-state index contributed by atoms with van der Waals surface area (Å²) in [6.45, 7) is 5.00. The van der Waals surface area contributed by atoms with Gasteiger partial charge in [-0.05, 0) is 37.0 Å². The molecule has 3 aromatic rings. The molecule has 1 fully saturated rings. The summed E-state index contributed by atoms with van der Waals surface area (Å²) in [6.07, 6.45) is 13.5. The van der Waals surface area contributed by atoms with Crippen LogP contribution in [0.5, 0.6) is 0 Å². The summed E-state index contributed by atoms with van der Waals surface area (Å²) in [6, 6.07) is 3.98. The average molecular weight is 390 g/mol. The predicted octanol–water partition coefficient (Wildman–Crippen LogP) is 3.39. The zero-order valence-electron chi connectivity index (χ0n) is 15.9. The summed E-state index contributed by atoms with van der Waals surface area (Å²) in [4.78, 5) is 21.8. The van der Waals surface area contributed by atoms with E-state index >= 15 is 0 Å². The predicted molar refractivity (Wildman–Crippen MR) is 115 cm³/mol. The fourth-order valence-corrected chi connectivity index (χ4v) is 5.49. The summed E-state index contributed by atoms with van der Waals surface area (Å²) < 4.78 is 0. The molecule has 3 aromatic heterocycles. The smallest absolute Gasteiger partial charge is 0.164 e. The highest BCUT2D eigenvalue weighted by molar-refractivity contribution is 7.19. The molecule has 2 aliphatic rings. The normalized spacial score (nSPS) is 17.0. The van der Waals surface area contributed by atoms with Gasteiger partial charge >= 0.3 is 0 Å². The third kappa shape index (κ3) is 3.15. The van der Waals surface area contributed by atoms with Gasteiger partial charge in [0.2, 0.25) is 0 Å². The Morgan fingerprint density at radius 1 is 1.14 bits per heavy atom. The molecule has 0 unspecified atom stereocenters. The lowest BCUT2D eigenvalue weighted by Crippen LogP contribution is -2.47. The van der Waals surface area contributed by atoms with Gasteiger partial charge < -0.3 is 4.90 Å². The van der Waals surface area contributed by atoms with E-state index < -0.39 is 0 Å². The minimum atomic E-state index is 0.783. The van der Waals surface area contributed by atoms with E-state index in [1.807, 2.05) is 29.7 Å². The quantitative estimate of drug-likeness (QED) is 0.640. The fraction of sp³-hybridized carbons (Fsp3) is 0.409. The molecule has 5 rings (SSSR count). The number of fused-ring (bicyclic) bond motifs is 3. The van der Waals surface area contributed by atoms with Crippen LogP contribution in [0.4, 0.5) is 5.82 Å². The van der Waals surface area contributed by atoms with Crippen molar-refractivity contribution in [2.45, 2.75) is 25.7 Å². The van der Waals surface area contributed by atoms with Crippen molar-refractivity contribution >= 4 is 27.4 Å². The van der Waals surface area contributed by atoms with Crippen molar-refractivity contribution < 1.29 is 0 Å². The summed E-state index contributed by atoms with van der Waals surface area (Å²) in [5.74, 6) is 4.65. The van der Waals surface area contributed by atoms with Gasteiger partial charge in [0.25, 0.3) is 0 Å². The minimum Gasteiger partial charge on any atom is -0.353 e. The Kier molecular flexibility index (Phi) is 4.71. The topological polar surface area (TPSA) is 45.2 Å². The number of piperazine rings is 1. The maximum atomic E-state index is 5.43. The maximum absolute atomic E-state index is 5.43. The first-order valence-electron chi connectivity index (χ1n) is 9.97. The largest absolute Gasteiger partial charge is 0.353 e. The molecule has 6 heteroatoms. The van der Waals surface area contributed by atoms with Crippen LogP contribution in [0.2, 0.25) is 0 Å². The van der Waals surface area contributed by atoms with Crippen molar-refractivity contribution in [2.75, 3.05) is 37.6 Å². The number of hydrogen-bond donors (Lipinski definition) is 0. The van der Waals surface area contributed by atoms with E-state index in [0.717, 1.165) is 67.6 Å². The van der Waals surface area contributed by atoms with E-state index in [2.05, 4.69) is 20.7 Å². The summed E-state index contributed by atoms with van der Waals surface area (Å²) in [7, 11) is 0. The third-order valence-electron chi connectivity index (χ3n) is 5.71. The van der Waals surface area contributed by atoms with E-state index in [4.69, 9.17) is 16.4 Å². The van der Waals surface area contributed by atoms with Crippen LogP contribution >= 0.6 is 11.3 Å². The Bertz CT molecular complexity index is 1030. The molecule has 0 saturated carbocycles. The van der Waals surface area contributed by atoms with Crippen molar-refractivity contribution in [1.82, 2.24) is 19.9 Å². The number of terminal acetylenes is 1. The van der Waals surface area contributed by atoms with Crippen LogP contribution in [0.1, 0.15) is 23.3 Å². The number of nitrogens with zero attached hydrogens (tertiary/aromatic N) is 5. The van der Waals surface area contributed by atoms with Crippen LogP contribution in [0, 0.1) is 12.3 Å². The fourth-order valence-electron chi connectivity index (χ4n) is 4.24. The highest BCUT2D eigenvalue weighted by Gasteiger charge is 2.27. The van der Waals surface area contributed by atoms with E-state index in [1.165, 1.54) is 28.7 Å². The molecule has 142 valence electrons. The molecule has 5 nitrogen and oxygen atoms in total. The third-order valence-corrected chi connectivity index (χ3v) is 6.90. The number of rotatable bonds is 4. The lowest BCUT2D eigenvalue weighted by molar-refractivity contribution is 0.263. The average Bonchev–Trinajstić information content (AvgIpc) is 3.33. The van der Waals surface area contributed by atoms with Crippen LogP contribution < -0.4 is 4.90 Å². The van der Waals surface area contributed by atoms with Gasteiger partial charge in [0.1, 0.15) is 10.6 Å². The molecular weight excluding hydrogens is 366 g/mol. The number of aromatic nitrogens is 3. The van der Waals surface area contributed by atoms with Crippen LogP contribution in [0.3, 0.4) is 0 Å². The molecule has 0 atom stereocenters. The summed E-state index contributed by atoms with van der Waals surface area (Å²) in [5.41, 5.74) is 2.47. The van der Waals surface area contributed by atoms with Crippen LogP contribution in [0.25, 0.3) is 21.6 Å². The van der Waals surface area contributed by atoms with Crippen molar-refractivity contribution in [2.24, 2.45) is 0 Å². The van der Waals surface area contributed by atoms with Gasteiger partial charge in [-0.3, -0.25) is 9.88 Å². The van der Waals surface area contributed by atoms with Gasteiger partial charge in [-0.25, -0.2) is 9.97 Å². The monoisotopic (exact) mass is 389 g/mol. The zero-order chi connectivity index (χ0) is 18.9. The molecule has 28 heavy (non-hydrogen) atoms. The summed E-state index contributed by atoms with van der Waals surface area (Å²) in [5, 5.41) is 1.29. The maximum Gasteiger partial charge on any atom is 0.164 e. The van der Waals surface area contributed by atoms with Crippen molar-refractivity contribution in [3.05, 3.63) is 35.0 Å². The zero-order valence-corrected chi connectivity index (χ0v) is 16.7. The number of aryl methyl sites for hydroxylation is 2. The van der Waals surface area contributed by atoms with Crippen molar-refractivity contribution in [1.29, 1.82) is 0 Å². The number of thiophene rings is 1. The number of anilines is 1. The highest BCUT2D eigenvalue weighted by Crippen LogP contribution is 2.41. The molecule has 0 amide bonds. The summed E-state index contributed by atoms with van der Waals surface area (Å²) >= 11 is 1.85. The van der Waals surface area contributed by atoms with E-state index in [0.29, 0.717) is 0 Å². The minimum absolute atomic E-state index is 0.783. The lowest BCUT2D eigenvalue weighted by Gasteiger charge is -2.35. The van der Waals surface area contributed by atoms with Crippen molar-refractivity contribution in [3.8, 4) is 23.7 Å². The number of pyridine rings is 1. The molecule has 1 aliphatic heterocycles. The van der Waals surface area contributed by atoms with E-state index in [9.17, 15) is 0 Å². The van der Waals surface area contributed by atoms with Gasteiger partial charge in [-0.15, -0.1) is 23.7 Å². The van der Waals surface area contributed by atoms with Crippen LogP contribution in [-0.4, -0.2) is 52.6 Å². The Balaban J connectivity index is 1.54. The second-order valence-electron chi connectivity index (χ2n) is 7.43. The molecule has 0 N–H and O–H groups in total. The van der Waals surface area contributed by atoms with Crippen molar-refractivity contribution in [3.63, 3.8) is 0 Å². The number of hydrogen-bond acceptors (Lipinski definition) is 6. The standard InChI is InChI=1S/C22H23N5S/c1-2-3-10-26-11-13-27(14-12-26)21-19-17-7-4-8-18(17)28-22(19)25-20(24-21)16-6-5-9-23-15-16/h1,5-6,9,15H,3-4,7-8,10-14H2. The Hall–Kier alpha value is -2.49. The van der Waals surface area contributed by atoms with Crippen LogP contribution in [-0.2, 0) is 12.8 Å². The molecule has 4 heterocycles. The first-order valence-corrected chi connectivity index (χ1v) is 10.8. The molecule has 1 aliphatic carbocycles. The SMILES string of the molecule is C#CCCN1CCN(c2nc(-c3cccnc3)nc3sc4c(c23)CCC4)CC1. The first kappa shape index (κ1) is 17.6. The van der Waals surface area contributed by atoms with E-state index in [1.54, 1.807) is 6.20 Å². The lowest BCUT2D eigenvalue weighted by atomic mass is 10.1. The Morgan fingerprint density at radius 2 is 2.04 bits per heavy atom. The molecule has 0 bridgehead atoms. The second-order valence-corrected chi connectivity index (χ2v) is 8.52. The van der Waals surface area contributed by atoms with Gasteiger partial charge in [-0.2, -0.15) is 0 Å². The first-order chi connectivity index (χ1) is 13.8. The molecular formula is C22H23N5S. The molecule has 0 aromatic carbocycles. The highest BCUT2D eigenvalue weighted by atomic mass is 32.1. The molecule has 1 saturated heterocycles. The van der Waals surface area contributed by atoms with Gasteiger partial charge in [0, 0.05) is 62.0 Å². The molecule has 0 radical (unpaired) electrons.